The van der Waals surface area contributed by atoms with Crippen LogP contribution in [0.5, 0.6) is 5.75 Å². The number of benzene rings is 1. The molecule has 0 aliphatic carbocycles. The molecule has 2 bridgehead atoms. The molecule has 0 saturated carbocycles. The minimum absolute atomic E-state index is 0.0260. The monoisotopic (exact) mass is 496 g/mol. The zero-order valence-electron chi connectivity index (χ0n) is 18.8. The number of nitrogens with zero attached hydrogens (tertiary/aromatic N) is 4. The summed E-state index contributed by atoms with van der Waals surface area (Å²) in [5.41, 5.74) is 0.0823. The van der Waals surface area contributed by atoms with Gasteiger partial charge in [-0.25, -0.2) is 9.78 Å². The van der Waals surface area contributed by atoms with E-state index in [-0.39, 0.29) is 35.3 Å². The molecule has 0 N–H and O–H groups in total. The number of fused-ring (bicyclic) bond motifs is 3. The van der Waals surface area contributed by atoms with Gasteiger partial charge in [0.25, 0.3) is 6.01 Å². The number of carbonyl (C=O) groups is 1. The SMILES string of the molecule is CC(C)(C)OC(=O)N1C2CCC1CN(c1nc3c(OC(F)(F)F)ccc(-c4nccs4)c3o1)C2. The van der Waals surface area contributed by atoms with Gasteiger partial charge in [0.1, 0.15) is 10.6 Å². The molecule has 12 heteroatoms. The molecule has 2 aliphatic rings. The summed E-state index contributed by atoms with van der Waals surface area (Å²) in [6, 6.07) is 2.69. The molecule has 4 heterocycles. The van der Waals surface area contributed by atoms with Crippen molar-refractivity contribution in [3.05, 3.63) is 23.7 Å². The van der Waals surface area contributed by atoms with Crippen LogP contribution in [-0.2, 0) is 4.74 Å². The maximum Gasteiger partial charge on any atom is 0.573 e. The Kier molecular flexibility index (Phi) is 5.38. The van der Waals surface area contributed by atoms with E-state index in [2.05, 4.69) is 14.7 Å². The number of rotatable bonds is 3. The number of halogens is 3. The third kappa shape index (κ3) is 4.38. The molecule has 8 nitrogen and oxygen atoms in total. The Morgan fingerprint density at radius 2 is 1.88 bits per heavy atom. The Morgan fingerprint density at radius 3 is 2.47 bits per heavy atom. The highest BCUT2D eigenvalue weighted by atomic mass is 32.1. The molecule has 34 heavy (non-hydrogen) atoms. The van der Waals surface area contributed by atoms with Crippen LogP contribution in [0.2, 0.25) is 0 Å². The Morgan fingerprint density at radius 1 is 1.18 bits per heavy atom. The number of oxazole rings is 1. The van der Waals surface area contributed by atoms with E-state index < -0.39 is 17.7 Å². The molecule has 2 aromatic heterocycles. The molecule has 1 aromatic carbocycles. The molecule has 2 atom stereocenters. The van der Waals surface area contributed by atoms with Crippen LogP contribution in [0.25, 0.3) is 21.7 Å². The van der Waals surface area contributed by atoms with Gasteiger partial charge in [-0.15, -0.1) is 24.5 Å². The first kappa shape index (κ1) is 22.8. The Balaban J connectivity index is 1.47. The molecule has 0 spiro atoms. The highest BCUT2D eigenvalue weighted by Crippen LogP contribution is 2.41. The lowest BCUT2D eigenvalue weighted by molar-refractivity contribution is -0.274. The van der Waals surface area contributed by atoms with Crippen LogP contribution in [-0.4, -0.2) is 58.1 Å². The van der Waals surface area contributed by atoms with Crippen molar-refractivity contribution in [3.63, 3.8) is 0 Å². The van der Waals surface area contributed by atoms with Crippen LogP contribution in [0, 0.1) is 0 Å². The largest absolute Gasteiger partial charge is 0.573 e. The maximum atomic E-state index is 13.0. The van der Waals surface area contributed by atoms with Gasteiger partial charge >= 0.3 is 12.5 Å². The van der Waals surface area contributed by atoms with Crippen molar-refractivity contribution in [2.24, 2.45) is 0 Å². The molecule has 2 aliphatic heterocycles. The molecule has 2 unspecified atom stereocenters. The van der Waals surface area contributed by atoms with Crippen LogP contribution >= 0.6 is 11.3 Å². The van der Waals surface area contributed by atoms with Gasteiger partial charge in [0, 0.05) is 24.7 Å². The molecule has 3 aromatic rings. The van der Waals surface area contributed by atoms with Crippen molar-refractivity contribution >= 4 is 34.5 Å². The van der Waals surface area contributed by atoms with E-state index in [1.807, 2.05) is 25.7 Å². The molecule has 1 amide bonds. The summed E-state index contributed by atoms with van der Waals surface area (Å²) in [5.74, 6) is -0.437. The van der Waals surface area contributed by atoms with Crippen molar-refractivity contribution in [3.8, 4) is 16.3 Å². The van der Waals surface area contributed by atoms with Crippen molar-refractivity contribution in [1.82, 2.24) is 14.9 Å². The summed E-state index contributed by atoms with van der Waals surface area (Å²) in [7, 11) is 0. The van der Waals surface area contributed by atoms with Crippen molar-refractivity contribution in [2.75, 3.05) is 18.0 Å². The Labute approximate surface area is 197 Å². The van der Waals surface area contributed by atoms with Gasteiger partial charge in [-0.1, -0.05) is 0 Å². The van der Waals surface area contributed by atoms with E-state index in [0.29, 0.717) is 23.7 Å². The second-order valence-electron chi connectivity index (χ2n) is 9.35. The molecule has 2 fully saturated rings. The highest BCUT2D eigenvalue weighted by Gasteiger charge is 2.45. The Bertz CT molecular complexity index is 1190. The van der Waals surface area contributed by atoms with E-state index >= 15 is 0 Å². The number of hydrogen-bond acceptors (Lipinski definition) is 8. The van der Waals surface area contributed by atoms with Gasteiger partial charge in [-0.05, 0) is 45.7 Å². The minimum atomic E-state index is -4.87. The number of carbonyl (C=O) groups excluding carboxylic acids is 1. The van der Waals surface area contributed by atoms with E-state index in [4.69, 9.17) is 9.15 Å². The molecular weight excluding hydrogens is 473 g/mol. The average Bonchev–Trinajstić information content (AvgIpc) is 3.44. The Hall–Kier alpha value is -3.02. The normalized spacial score (nSPS) is 20.8. The van der Waals surface area contributed by atoms with Crippen molar-refractivity contribution < 1.29 is 31.9 Å². The number of thiazole rings is 1. The van der Waals surface area contributed by atoms with Gasteiger partial charge in [-0.3, -0.25) is 4.90 Å². The first-order valence-corrected chi connectivity index (χ1v) is 11.7. The van der Waals surface area contributed by atoms with E-state index in [9.17, 15) is 18.0 Å². The fourth-order valence-electron chi connectivity index (χ4n) is 4.51. The van der Waals surface area contributed by atoms with Gasteiger partial charge in [-0.2, -0.15) is 4.98 Å². The third-order valence-corrected chi connectivity index (χ3v) is 6.55. The number of alkyl halides is 3. The molecule has 5 rings (SSSR count). The quantitative estimate of drug-likeness (QED) is 0.478. The van der Waals surface area contributed by atoms with E-state index in [1.165, 1.54) is 23.5 Å². The predicted octanol–water partition coefficient (Wildman–Crippen LogP) is 5.44. The average molecular weight is 497 g/mol. The maximum absolute atomic E-state index is 13.0. The lowest BCUT2D eigenvalue weighted by Gasteiger charge is -2.40. The minimum Gasteiger partial charge on any atom is -0.444 e. The van der Waals surface area contributed by atoms with Crippen molar-refractivity contribution in [1.29, 1.82) is 0 Å². The zero-order valence-corrected chi connectivity index (χ0v) is 19.6. The molecule has 2 saturated heterocycles. The lowest BCUT2D eigenvalue weighted by atomic mass is 10.2. The highest BCUT2D eigenvalue weighted by molar-refractivity contribution is 7.13. The van der Waals surface area contributed by atoms with Gasteiger partial charge in [0.2, 0.25) is 0 Å². The summed E-state index contributed by atoms with van der Waals surface area (Å²) < 4.78 is 54.8. The molecule has 182 valence electrons. The lowest BCUT2D eigenvalue weighted by Crippen LogP contribution is -2.56. The summed E-state index contributed by atoms with van der Waals surface area (Å²) >= 11 is 1.34. The smallest absolute Gasteiger partial charge is 0.444 e. The number of anilines is 1. The van der Waals surface area contributed by atoms with Crippen LogP contribution in [0.1, 0.15) is 33.6 Å². The van der Waals surface area contributed by atoms with Crippen LogP contribution in [0.3, 0.4) is 0 Å². The second kappa shape index (κ2) is 8.03. The number of ether oxygens (including phenoxy) is 2. The van der Waals surface area contributed by atoms with Crippen molar-refractivity contribution in [2.45, 2.75) is 57.7 Å². The first-order valence-electron chi connectivity index (χ1n) is 10.8. The number of amides is 1. The van der Waals surface area contributed by atoms with Gasteiger partial charge in [0.15, 0.2) is 16.8 Å². The number of piperazine rings is 1. The summed E-state index contributed by atoms with van der Waals surface area (Å²) in [6.07, 6.45) is -2.02. The van der Waals surface area contributed by atoms with Crippen LogP contribution < -0.4 is 9.64 Å². The van der Waals surface area contributed by atoms with E-state index in [1.54, 1.807) is 16.5 Å². The second-order valence-corrected chi connectivity index (χ2v) is 10.2. The third-order valence-electron chi connectivity index (χ3n) is 5.74. The fraction of sp³-hybridized carbons (Fsp3) is 0.500. The first-order chi connectivity index (χ1) is 16.0. The summed E-state index contributed by atoms with van der Waals surface area (Å²) in [4.78, 5) is 25.0. The number of aromatic nitrogens is 2. The summed E-state index contributed by atoms with van der Waals surface area (Å²) in [5, 5.41) is 2.37. The molecule has 0 radical (unpaired) electrons. The molecular formula is C22H23F3N4O4S. The summed E-state index contributed by atoms with van der Waals surface area (Å²) in [6.45, 7) is 6.33. The van der Waals surface area contributed by atoms with Gasteiger partial charge in [0.05, 0.1) is 17.6 Å². The van der Waals surface area contributed by atoms with Crippen LogP contribution in [0.15, 0.2) is 28.1 Å². The van der Waals surface area contributed by atoms with E-state index in [0.717, 1.165) is 12.8 Å². The number of hydrogen-bond donors (Lipinski definition) is 0. The van der Waals surface area contributed by atoms with Gasteiger partial charge < -0.3 is 18.8 Å². The standard InChI is InChI=1S/C22H23F3N4O4S/c1-21(2,3)33-20(30)29-12-4-5-13(29)11-28(10-12)19-27-16-15(32-22(23,24)25)7-6-14(17(16)31-19)18-26-8-9-34-18/h6-9,12-13H,4-5,10-11H2,1-3H3. The van der Waals surface area contributed by atoms with Crippen LogP contribution in [0.4, 0.5) is 24.0 Å². The zero-order chi connectivity index (χ0) is 24.3. The topological polar surface area (TPSA) is 80.9 Å². The predicted molar refractivity (Wildman–Crippen MR) is 119 cm³/mol. The fourth-order valence-corrected chi connectivity index (χ4v) is 5.17.